The van der Waals surface area contributed by atoms with Gasteiger partial charge in [0.2, 0.25) is 0 Å². The Morgan fingerprint density at radius 3 is 2.48 bits per heavy atom. The Hall–Kier alpha value is -1.67. The van der Waals surface area contributed by atoms with E-state index in [9.17, 15) is 4.79 Å². The van der Waals surface area contributed by atoms with E-state index in [1.165, 1.54) is 18.2 Å². The average Bonchev–Trinajstić information content (AvgIpc) is 2.59. The molecule has 0 aromatic heterocycles. The smallest absolute Gasteiger partial charge is 0.164 e. The van der Waals surface area contributed by atoms with Gasteiger partial charge < -0.3 is 4.90 Å². The first kappa shape index (κ1) is 16.2. The van der Waals surface area contributed by atoms with Gasteiger partial charge in [0.05, 0.1) is 0 Å². The molecule has 2 aromatic carbocycles. The molecule has 0 aliphatic carbocycles. The van der Waals surface area contributed by atoms with Crippen LogP contribution < -0.4 is 0 Å². The third-order valence-corrected chi connectivity index (χ3v) is 5.30. The molecule has 0 spiro atoms. The molecule has 2 aromatic rings. The summed E-state index contributed by atoms with van der Waals surface area (Å²) >= 11 is 0. The fourth-order valence-corrected chi connectivity index (χ4v) is 3.61. The third kappa shape index (κ3) is 4.00. The van der Waals surface area contributed by atoms with Crippen LogP contribution in [0.1, 0.15) is 43.5 Å². The summed E-state index contributed by atoms with van der Waals surface area (Å²) in [6.45, 7) is 7.84. The van der Waals surface area contributed by atoms with Crippen LogP contribution in [-0.4, -0.2) is 30.3 Å². The van der Waals surface area contributed by atoms with Gasteiger partial charge in [0.15, 0.2) is 5.78 Å². The van der Waals surface area contributed by atoms with E-state index in [0.717, 1.165) is 42.4 Å². The number of nitrogens with zero attached hydrogens (tertiary/aromatic N) is 1. The summed E-state index contributed by atoms with van der Waals surface area (Å²) in [5.41, 5.74) is 0.848. The molecule has 0 radical (unpaired) electrons. The van der Waals surface area contributed by atoms with Crippen molar-refractivity contribution in [2.24, 2.45) is 11.8 Å². The fourth-order valence-electron chi connectivity index (χ4n) is 3.61. The van der Waals surface area contributed by atoms with E-state index in [0.29, 0.717) is 6.42 Å². The lowest BCUT2D eigenvalue weighted by Gasteiger charge is -2.33. The molecular weight excluding hydrogens is 282 g/mol. The van der Waals surface area contributed by atoms with Crippen molar-refractivity contribution in [3.05, 3.63) is 48.0 Å². The zero-order valence-corrected chi connectivity index (χ0v) is 14.3. The summed E-state index contributed by atoms with van der Waals surface area (Å²) in [6, 6.07) is 14.3. The van der Waals surface area contributed by atoms with Crippen LogP contribution in [0.25, 0.3) is 10.8 Å². The maximum atomic E-state index is 12.5. The van der Waals surface area contributed by atoms with Gasteiger partial charge in [-0.3, -0.25) is 4.79 Å². The number of Topliss-reactive ketones (excluding diaryl/α,β-unsaturated/α-hetero) is 1. The van der Waals surface area contributed by atoms with Gasteiger partial charge in [0.1, 0.15) is 0 Å². The summed E-state index contributed by atoms with van der Waals surface area (Å²) in [4.78, 5) is 14.9. The van der Waals surface area contributed by atoms with E-state index in [1.807, 2.05) is 24.3 Å². The van der Waals surface area contributed by atoms with Crippen LogP contribution in [0, 0.1) is 11.8 Å². The molecule has 1 heterocycles. The molecule has 1 aliphatic heterocycles. The van der Waals surface area contributed by atoms with Crippen LogP contribution in [0.15, 0.2) is 42.5 Å². The minimum atomic E-state index is 0.265. The van der Waals surface area contributed by atoms with Crippen molar-refractivity contribution in [2.45, 2.75) is 33.1 Å². The number of fused-ring (bicyclic) bond motifs is 1. The van der Waals surface area contributed by atoms with Crippen molar-refractivity contribution < 1.29 is 4.79 Å². The zero-order valence-electron chi connectivity index (χ0n) is 14.3. The summed E-state index contributed by atoms with van der Waals surface area (Å²) in [6.07, 6.45) is 3.19. The standard InChI is InChI=1S/C21H27NO/c1-16(2)17-9-12-22(13-10-17)14-11-21(23)20-8-7-18-5-3-4-6-19(18)15-20/h3-8,15-17H,9-14H2,1-2H3. The number of piperidine rings is 1. The lowest BCUT2D eigenvalue weighted by atomic mass is 9.86. The Bertz CT molecular complexity index is 668. The second-order valence-electron chi connectivity index (χ2n) is 7.16. The Morgan fingerprint density at radius 1 is 1.09 bits per heavy atom. The number of hydrogen-bond donors (Lipinski definition) is 0. The second kappa shape index (κ2) is 7.27. The van der Waals surface area contributed by atoms with Crippen molar-refractivity contribution in [3.63, 3.8) is 0 Å². The predicted molar refractivity (Wildman–Crippen MR) is 96.9 cm³/mol. The first-order valence-electron chi connectivity index (χ1n) is 8.88. The van der Waals surface area contributed by atoms with Gasteiger partial charge in [-0.25, -0.2) is 0 Å². The number of carbonyl (C=O) groups is 1. The SMILES string of the molecule is CC(C)C1CCN(CCC(=O)c2ccc3ccccc3c2)CC1. The normalized spacial score (nSPS) is 17.0. The lowest BCUT2D eigenvalue weighted by molar-refractivity contribution is 0.0943. The summed E-state index contributed by atoms with van der Waals surface area (Å²) in [7, 11) is 0. The van der Waals surface area contributed by atoms with Gasteiger partial charge in [-0.2, -0.15) is 0 Å². The van der Waals surface area contributed by atoms with Crippen molar-refractivity contribution >= 4 is 16.6 Å². The van der Waals surface area contributed by atoms with Crippen molar-refractivity contribution in [3.8, 4) is 0 Å². The third-order valence-electron chi connectivity index (χ3n) is 5.30. The van der Waals surface area contributed by atoms with Crippen LogP contribution in [0.5, 0.6) is 0 Å². The first-order chi connectivity index (χ1) is 11.1. The quantitative estimate of drug-likeness (QED) is 0.741. The van der Waals surface area contributed by atoms with Gasteiger partial charge in [-0.05, 0) is 54.6 Å². The maximum absolute atomic E-state index is 12.5. The Balaban J connectivity index is 1.55. The van der Waals surface area contributed by atoms with E-state index >= 15 is 0 Å². The summed E-state index contributed by atoms with van der Waals surface area (Å²) in [5, 5.41) is 2.34. The van der Waals surface area contributed by atoms with Crippen LogP contribution in [0.3, 0.4) is 0 Å². The minimum Gasteiger partial charge on any atom is -0.303 e. The van der Waals surface area contributed by atoms with E-state index in [1.54, 1.807) is 0 Å². The molecule has 0 saturated carbocycles. The highest BCUT2D eigenvalue weighted by Gasteiger charge is 2.21. The highest BCUT2D eigenvalue weighted by molar-refractivity contribution is 6.00. The van der Waals surface area contributed by atoms with Crippen molar-refractivity contribution in [1.29, 1.82) is 0 Å². The molecular formula is C21H27NO. The molecule has 3 rings (SSSR count). The molecule has 1 saturated heterocycles. The van der Waals surface area contributed by atoms with Crippen molar-refractivity contribution in [1.82, 2.24) is 4.90 Å². The van der Waals surface area contributed by atoms with E-state index in [2.05, 4.69) is 36.9 Å². The molecule has 0 amide bonds. The van der Waals surface area contributed by atoms with Crippen molar-refractivity contribution in [2.75, 3.05) is 19.6 Å². The molecule has 0 unspecified atom stereocenters. The Morgan fingerprint density at radius 2 is 1.78 bits per heavy atom. The largest absolute Gasteiger partial charge is 0.303 e. The van der Waals surface area contributed by atoms with Crippen LogP contribution in [0.2, 0.25) is 0 Å². The number of benzene rings is 2. The molecule has 2 heteroatoms. The molecule has 0 N–H and O–H groups in total. The Labute approximate surface area is 139 Å². The van der Waals surface area contributed by atoms with Crippen LogP contribution in [-0.2, 0) is 0 Å². The number of rotatable bonds is 5. The molecule has 122 valence electrons. The molecule has 0 atom stereocenters. The highest BCUT2D eigenvalue weighted by Crippen LogP contribution is 2.24. The number of ketones is 1. The van der Waals surface area contributed by atoms with Gasteiger partial charge in [0.25, 0.3) is 0 Å². The predicted octanol–water partition coefficient (Wildman–Crippen LogP) is 4.78. The van der Waals surface area contributed by atoms with E-state index < -0.39 is 0 Å². The minimum absolute atomic E-state index is 0.265. The molecule has 1 fully saturated rings. The second-order valence-corrected chi connectivity index (χ2v) is 7.16. The Kier molecular flexibility index (Phi) is 5.12. The number of carbonyl (C=O) groups excluding carboxylic acids is 1. The summed E-state index contributed by atoms with van der Waals surface area (Å²) in [5.74, 6) is 1.92. The average molecular weight is 309 g/mol. The monoisotopic (exact) mass is 309 g/mol. The number of likely N-dealkylation sites (tertiary alicyclic amines) is 1. The number of hydrogen-bond acceptors (Lipinski definition) is 2. The van der Waals surface area contributed by atoms with Crippen LogP contribution in [0.4, 0.5) is 0 Å². The molecule has 0 bridgehead atoms. The van der Waals surface area contributed by atoms with Gasteiger partial charge >= 0.3 is 0 Å². The van der Waals surface area contributed by atoms with Gasteiger partial charge in [-0.15, -0.1) is 0 Å². The topological polar surface area (TPSA) is 20.3 Å². The lowest BCUT2D eigenvalue weighted by Crippen LogP contribution is -2.36. The first-order valence-corrected chi connectivity index (χ1v) is 8.88. The van der Waals surface area contributed by atoms with Gasteiger partial charge in [0, 0.05) is 18.5 Å². The summed E-state index contributed by atoms with van der Waals surface area (Å²) < 4.78 is 0. The highest BCUT2D eigenvalue weighted by atomic mass is 16.1. The van der Waals surface area contributed by atoms with E-state index in [4.69, 9.17) is 0 Å². The molecule has 1 aliphatic rings. The van der Waals surface area contributed by atoms with Gasteiger partial charge in [-0.1, -0.05) is 50.2 Å². The fraction of sp³-hybridized carbons (Fsp3) is 0.476. The molecule has 23 heavy (non-hydrogen) atoms. The molecule has 2 nitrogen and oxygen atoms in total. The zero-order chi connectivity index (χ0) is 16.2. The van der Waals surface area contributed by atoms with E-state index in [-0.39, 0.29) is 5.78 Å². The maximum Gasteiger partial charge on any atom is 0.164 e. The van der Waals surface area contributed by atoms with Crippen LogP contribution >= 0.6 is 0 Å².